The molecule has 1 fully saturated rings. The molecule has 1 saturated carbocycles. The minimum Gasteiger partial charge on any atom is -0.490 e. The van der Waals surface area contributed by atoms with Crippen LogP contribution in [0.4, 0.5) is 4.39 Å². The lowest BCUT2D eigenvalue weighted by atomic mass is 9.92. The standard InChI is InChI=1S/C20H21ClFN3O2/c1-24-8-13(10-2-3-10)17-7-12-14(20(23)26)9-27-19(12)18(25-17)11-4-5-16(22)15(21)6-11/h4-7,10,13-14,24H,2-3,8-9H2,1H3,(H2,23,26). The predicted molar refractivity (Wildman–Crippen MR) is 101 cm³/mol. The van der Waals surface area contributed by atoms with Gasteiger partial charge in [-0.3, -0.25) is 4.79 Å². The van der Waals surface area contributed by atoms with Gasteiger partial charge < -0.3 is 15.8 Å². The van der Waals surface area contributed by atoms with Gasteiger partial charge in [0.1, 0.15) is 29.8 Å². The zero-order chi connectivity index (χ0) is 19.1. The second-order valence-electron chi connectivity index (χ2n) is 7.21. The normalized spacial score (nSPS) is 19.4. The Kier molecular flexibility index (Phi) is 4.78. The molecule has 2 heterocycles. The number of nitrogens with one attached hydrogen (secondary N) is 1. The van der Waals surface area contributed by atoms with Gasteiger partial charge in [-0.2, -0.15) is 0 Å². The van der Waals surface area contributed by atoms with Crippen molar-refractivity contribution in [1.82, 2.24) is 10.3 Å². The number of hydrogen-bond acceptors (Lipinski definition) is 4. The van der Waals surface area contributed by atoms with E-state index in [4.69, 9.17) is 27.1 Å². The molecule has 142 valence electrons. The number of primary amides is 1. The third kappa shape index (κ3) is 3.39. The highest BCUT2D eigenvalue weighted by Crippen LogP contribution is 2.46. The molecule has 1 amide bonds. The van der Waals surface area contributed by atoms with Crippen molar-refractivity contribution >= 4 is 17.5 Å². The van der Waals surface area contributed by atoms with Crippen molar-refractivity contribution in [3.63, 3.8) is 0 Å². The second-order valence-corrected chi connectivity index (χ2v) is 7.62. The molecule has 2 unspecified atom stereocenters. The van der Waals surface area contributed by atoms with Crippen molar-refractivity contribution < 1.29 is 13.9 Å². The van der Waals surface area contributed by atoms with Crippen molar-refractivity contribution in [3.8, 4) is 17.0 Å². The summed E-state index contributed by atoms with van der Waals surface area (Å²) in [4.78, 5) is 16.8. The molecule has 2 atom stereocenters. The maximum Gasteiger partial charge on any atom is 0.228 e. The van der Waals surface area contributed by atoms with Crippen molar-refractivity contribution in [2.24, 2.45) is 11.7 Å². The highest BCUT2D eigenvalue weighted by atomic mass is 35.5. The van der Waals surface area contributed by atoms with Crippen LogP contribution in [-0.4, -0.2) is 31.1 Å². The van der Waals surface area contributed by atoms with E-state index in [1.807, 2.05) is 13.1 Å². The number of likely N-dealkylation sites (N-methyl/N-ethyl adjacent to an activating group) is 1. The Morgan fingerprint density at radius 2 is 2.22 bits per heavy atom. The number of pyridine rings is 1. The number of halogens is 2. The highest BCUT2D eigenvalue weighted by Gasteiger charge is 2.37. The first-order valence-electron chi connectivity index (χ1n) is 9.06. The minimum atomic E-state index is -0.508. The van der Waals surface area contributed by atoms with Gasteiger partial charge in [0.2, 0.25) is 5.91 Å². The monoisotopic (exact) mass is 389 g/mol. The number of hydrogen-bond donors (Lipinski definition) is 2. The lowest BCUT2D eigenvalue weighted by Gasteiger charge is -2.19. The molecule has 2 aromatic rings. The first-order valence-corrected chi connectivity index (χ1v) is 9.44. The molecule has 7 heteroatoms. The number of aromatic nitrogens is 1. The number of nitrogens with zero attached hydrogens (tertiary/aromatic N) is 1. The topological polar surface area (TPSA) is 77.2 Å². The lowest BCUT2D eigenvalue weighted by molar-refractivity contribution is -0.119. The number of fused-ring (bicyclic) bond motifs is 1. The van der Waals surface area contributed by atoms with E-state index in [0.717, 1.165) is 17.8 Å². The number of benzene rings is 1. The molecule has 0 radical (unpaired) electrons. The van der Waals surface area contributed by atoms with Crippen LogP contribution in [0.1, 0.15) is 35.9 Å². The molecule has 0 spiro atoms. The number of carbonyl (C=O) groups is 1. The fourth-order valence-electron chi connectivity index (χ4n) is 3.74. The van der Waals surface area contributed by atoms with Gasteiger partial charge in [0, 0.05) is 29.3 Å². The number of carbonyl (C=O) groups excluding carboxylic acids is 1. The zero-order valence-corrected chi connectivity index (χ0v) is 15.7. The average molecular weight is 390 g/mol. The SMILES string of the molecule is CNCC(c1cc2c(c(-c3ccc(F)c(Cl)c3)n1)OCC2C(N)=O)C1CC1. The van der Waals surface area contributed by atoms with Crippen molar-refractivity contribution in [2.75, 3.05) is 20.2 Å². The van der Waals surface area contributed by atoms with Crippen LogP contribution < -0.4 is 15.8 Å². The molecule has 1 aliphatic carbocycles. The van der Waals surface area contributed by atoms with Crippen LogP contribution in [0.5, 0.6) is 5.75 Å². The van der Waals surface area contributed by atoms with Gasteiger partial charge in [-0.05, 0) is 50.1 Å². The minimum absolute atomic E-state index is 0.0202. The quantitative estimate of drug-likeness (QED) is 0.795. The molecule has 0 bridgehead atoms. The summed E-state index contributed by atoms with van der Waals surface area (Å²) in [6.45, 7) is 0.986. The van der Waals surface area contributed by atoms with Gasteiger partial charge in [-0.15, -0.1) is 0 Å². The Hall–Kier alpha value is -2.18. The van der Waals surface area contributed by atoms with E-state index >= 15 is 0 Å². The van der Waals surface area contributed by atoms with Gasteiger partial charge in [0.15, 0.2) is 0 Å². The molecule has 4 rings (SSSR count). The molecule has 5 nitrogen and oxygen atoms in total. The number of rotatable bonds is 6. The Bertz CT molecular complexity index is 901. The van der Waals surface area contributed by atoms with Crippen LogP contribution in [0.3, 0.4) is 0 Å². The first kappa shape index (κ1) is 18.2. The Labute approximate surface area is 162 Å². The number of ether oxygens (including phenoxy) is 1. The molecule has 0 saturated heterocycles. The maximum atomic E-state index is 13.6. The first-order chi connectivity index (χ1) is 13.0. The molecule has 2 aliphatic rings. The summed E-state index contributed by atoms with van der Waals surface area (Å²) in [6, 6.07) is 6.42. The van der Waals surface area contributed by atoms with Crippen LogP contribution >= 0.6 is 11.6 Å². The van der Waals surface area contributed by atoms with Gasteiger partial charge in [0.25, 0.3) is 0 Å². The van der Waals surface area contributed by atoms with E-state index in [-0.39, 0.29) is 17.5 Å². The van der Waals surface area contributed by atoms with E-state index in [1.54, 1.807) is 6.07 Å². The molecular weight excluding hydrogens is 369 g/mol. The summed E-state index contributed by atoms with van der Waals surface area (Å²) < 4.78 is 19.4. The summed E-state index contributed by atoms with van der Waals surface area (Å²) in [5.41, 5.74) is 8.47. The van der Waals surface area contributed by atoms with E-state index in [0.29, 0.717) is 22.9 Å². The largest absolute Gasteiger partial charge is 0.490 e. The van der Waals surface area contributed by atoms with Crippen LogP contribution in [-0.2, 0) is 4.79 Å². The van der Waals surface area contributed by atoms with Crippen molar-refractivity contribution in [1.29, 1.82) is 0 Å². The van der Waals surface area contributed by atoms with Crippen LogP contribution in [0.25, 0.3) is 11.3 Å². The fraction of sp³-hybridized carbons (Fsp3) is 0.400. The Morgan fingerprint density at radius 1 is 1.44 bits per heavy atom. The predicted octanol–water partition coefficient (Wildman–Crippen LogP) is 3.22. The third-order valence-electron chi connectivity index (χ3n) is 5.32. The summed E-state index contributed by atoms with van der Waals surface area (Å²) in [5, 5.41) is 3.25. The van der Waals surface area contributed by atoms with E-state index in [9.17, 15) is 9.18 Å². The number of nitrogens with two attached hydrogens (primary N) is 1. The van der Waals surface area contributed by atoms with Crippen LogP contribution in [0, 0.1) is 11.7 Å². The summed E-state index contributed by atoms with van der Waals surface area (Å²) in [7, 11) is 1.92. The van der Waals surface area contributed by atoms with Gasteiger partial charge in [-0.1, -0.05) is 11.6 Å². The molecular formula is C20H21ClFN3O2. The number of amides is 1. The van der Waals surface area contributed by atoms with E-state index in [1.165, 1.54) is 25.0 Å². The smallest absolute Gasteiger partial charge is 0.228 e. The van der Waals surface area contributed by atoms with Crippen LogP contribution in [0.15, 0.2) is 24.3 Å². The maximum absolute atomic E-state index is 13.6. The summed E-state index contributed by atoms with van der Waals surface area (Å²) in [5.74, 6) is -0.0815. The third-order valence-corrected chi connectivity index (χ3v) is 5.61. The molecule has 3 N–H and O–H groups in total. The fourth-order valence-corrected chi connectivity index (χ4v) is 3.92. The molecule has 1 aromatic carbocycles. The van der Waals surface area contributed by atoms with Crippen molar-refractivity contribution in [2.45, 2.75) is 24.7 Å². The highest BCUT2D eigenvalue weighted by molar-refractivity contribution is 6.31. The second kappa shape index (κ2) is 7.09. The van der Waals surface area contributed by atoms with Crippen LogP contribution in [0.2, 0.25) is 5.02 Å². The molecule has 1 aliphatic heterocycles. The average Bonchev–Trinajstić information content (AvgIpc) is 3.39. The van der Waals surface area contributed by atoms with E-state index in [2.05, 4.69) is 5.32 Å². The Morgan fingerprint density at radius 3 is 2.85 bits per heavy atom. The molecule has 27 heavy (non-hydrogen) atoms. The van der Waals surface area contributed by atoms with Gasteiger partial charge in [0.05, 0.1) is 5.02 Å². The van der Waals surface area contributed by atoms with Crippen molar-refractivity contribution in [3.05, 3.63) is 46.4 Å². The van der Waals surface area contributed by atoms with Gasteiger partial charge in [-0.25, -0.2) is 9.37 Å². The zero-order valence-electron chi connectivity index (χ0n) is 15.0. The summed E-state index contributed by atoms with van der Waals surface area (Å²) in [6.07, 6.45) is 2.33. The summed E-state index contributed by atoms with van der Waals surface area (Å²) >= 11 is 5.98. The lowest BCUT2D eigenvalue weighted by Crippen LogP contribution is -2.23. The van der Waals surface area contributed by atoms with Gasteiger partial charge >= 0.3 is 0 Å². The van der Waals surface area contributed by atoms with E-state index < -0.39 is 17.6 Å². The Balaban J connectivity index is 1.87. The molecule has 1 aromatic heterocycles.